The van der Waals surface area contributed by atoms with Gasteiger partial charge in [0.15, 0.2) is 12.4 Å². The van der Waals surface area contributed by atoms with E-state index < -0.39 is 0 Å². The molecule has 0 aliphatic heterocycles. The Hall–Kier alpha value is -2.67. The van der Waals surface area contributed by atoms with Crippen molar-refractivity contribution in [2.75, 3.05) is 5.32 Å². The van der Waals surface area contributed by atoms with Crippen molar-refractivity contribution in [2.24, 2.45) is 0 Å². The fourth-order valence-electron chi connectivity index (χ4n) is 2.34. The van der Waals surface area contributed by atoms with Crippen molar-refractivity contribution in [3.63, 3.8) is 0 Å². The molecule has 0 aliphatic rings. The van der Waals surface area contributed by atoms with Crippen LogP contribution < -0.4 is 10.1 Å². The van der Waals surface area contributed by atoms with Gasteiger partial charge in [0.1, 0.15) is 11.6 Å². The molecular weight excluding hydrogens is 384 g/mol. The number of nitrogens with one attached hydrogen (secondary N) is 1. The Kier molecular flexibility index (Phi) is 5.14. The van der Waals surface area contributed by atoms with Crippen LogP contribution >= 0.6 is 15.9 Å². The van der Waals surface area contributed by atoms with E-state index in [2.05, 4.69) is 37.4 Å². The van der Waals surface area contributed by atoms with E-state index >= 15 is 0 Å². The maximum atomic E-state index is 12.2. The first-order chi connectivity index (χ1) is 12.0. The normalized spacial score (nSPS) is 10.5. The van der Waals surface area contributed by atoms with Crippen molar-refractivity contribution in [3.8, 4) is 5.75 Å². The maximum Gasteiger partial charge on any atom is 0.277 e. The predicted molar refractivity (Wildman–Crippen MR) is 98.7 cm³/mol. The van der Waals surface area contributed by atoms with Crippen LogP contribution in [-0.2, 0) is 6.73 Å². The molecule has 2 aromatic heterocycles. The average molecular weight is 401 g/mol. The second-order valence-corrected chi connectivity index (χ2v) is 6.57. The van der Waals surface area contributed by atoms with E-state index in [0.717, 1.165) is 21.3 Å². The third-order valence-electron chi connectivity index (χ3n) is 3.40. The zero-order chi connectivity index (χ0) is 17.8. The minimum atomic E-state index is -0.319. The number of anilines is 1. The molecule has 1 amide bonds. The lowest BCUT2D eigenvalue weighted by Gasteiger charge is -2.08. The Morgan fingerprint density at radius 1 is 1.20 bits per heavy atom. The molecule has 3 rings (SSSR count). The molecule has 0 saturated heterocycles. The zero-order valence-corrected chi connectivity index (χ0v) is 15.4. The van der Waals surface area contributed by atoms with Gasteiger partial charge in [-0.05, 0) is 71.2 Å². The van der Waals surface area contributed by atoms with Gasteiger partial charge < -0.3 is 10.1 Å². The van der Waals surface area contributed by atoms with Gasteiger partial charge in [-0.3, -0.25) is 4.79 Å². The van der Waals surface area contributed by atoms with E-state index in [9.17, 15) is 4.79 Å². The molecule has 0 radical (unpaired) electrons. The SMILES string of the molecule is Cc1cc(C)cc(OCn2ccc(C(=O)Nc3ccc(Br)cn3)n2)c1. The summed E-state index contributed by atoms with van der Waals surface area (Å²) in [6, 6.07) is 11.2. The molecule has 25 heavy (non-hydrogen) atoms. The molecule has 0 spiro atoms. The van der Waals surface area contributed by atoms with Crippen LogP contribution in [0.15, 0.2) is 53.3 Å². The summed E-state index contributed by atoms with van der Waals surface area (Å²) in [5.74, 6) is 0.923. The molecule has 0 saturated carbocycles. The Bertz CT molecular complexity index is 870. The fraction of sp³-hybridized carbons (Fsp3) is 0.167. The van der Waals surface area contributed by atoms with Crippen molar-refractivity contribution in [1.82, 2.24) is 14.8 Å². The summed E-state index contributed by atoms with van der Waals surface area (Å²) in [5, 5.41) is 6.93. The highest BCUT2D eigenvalue weighted by Crippen LogP contribution is 2.16. The summed E-state index contributed by atoms with van der Waals surface area (Å²) >= 11 is 3.30. The van der Waals surface area contributed by atoms with Gasteiger partial charge in [-0.15, -0.1) is 0 Å². The van der Waals surface area contributed by atoms with E-state index in [0.29, 0.717) is 11.5 Å². The number of aromatic nitrogens is 3. The van der Waals surface area contributed by atoms with Crippen LogP contribution in [0, 0.1) is 13.8 Å². The molecular formula is C18H17BrN4O2. The molecule has 7 heteroatoms. The molecule has 6 nitrogen and oxygen atoms in total. The van der Waals surface area contributed by atoms with Gasteiger partial charge in [-0.1, -0.05) is 6.07 Å². The summed E-state index contributed by atoms with van der Waals surface area (Å²) in [5.41, 5.74) is 2.57. The molecule has 0 aliphatic carbocycles. The number of amides is 1. The lowest BCUT2D eigenvalue weighted by Crippen LogP contribution is -2.15. The highest BCUT2D eigenvalue weighted by Gasteiger charge is 2.10. The van der Waals surface area contributed by atoms with E-state index in [4.69, 9.17) is 4.74 Å². The summed E-state index contributed by atoms with van der Waals surface area (Å²) in [6.45, 7) is 4.27. The fourth-order valence-corrected chi connectivity index (χ4v) is 2.58. The van der Waals surface area contributed by atoms with Gasteiger partial charge in [0.25, 0.3) is 5.91 Å². The smallest absolute Gasteiger partial charge is 0.277 e. The number of rotatable bonds is 5. The zero-order valence-electron chi connectivity index (χ0n) is 13.9. The Morgan fingerprint density at radius 2 is 1.96 bits per heavy atom. The van der Waals surface area contributed by atoms with Crippen LogP contribution in [0.4, 0.5) is 5.82 Å². The highest BCUT2D eigenvalue weighted by molar-refractivity contribution is 9.10. The van der Waals surface area contributed by atoms with Crippen molar-refractivity contribution in [3.05, 3.63) is 70.1 Å². The van der Waals surface area contributed by atoms with Gasteiger partial charge in [-0.25, -0.2) is 9.67 Å². The van der Waals surface area contributed by atoms with E-state index in [1.807, 2.05) is 26.0 Å². The largest absolute Gasteiger partial charge is 0.471 e. The van der Waals surface area contributed by atoms with Gasteiger partial charge in [0, 0.05) is 16.9 Å². The van der Waals surface area contributed by atoms with Crippen molar-refractivity contribution < 1.29 is 9.53 Å². The van der Waals surface area contributed by atoms with Crippen LogP contribution in [0.2, 0.25) is 0 Å². The number of aryl methyl sites for hydroxylation is 2. The summed E-state index contributed by atoms with van der Waals surface area (Å²) < 4.78 is 8.15. The average Bonchev–Trinajstić information content (AvgIpc) is 3.03. The first-order valence-electron chi connectivity index (χ1n) is 7.67. The molecule has 128 valence electrons. The van der Waals surface area contributed by atoms with Crippen molar-refractivity contribution in [2.45, 2.75) is 20.6 Å². The summed E-state index contributed by atoms with van der Waals surface area (Å²) in [6.07, 6.45) is 3.32. The first-order valence-corrected chi connectivity index (χ1v) is 8.46. The maximum absolute atomic E-state index is 12.2. The van der Waals surface area contributed by atoms with Crippen molar-refractivity contribution in [1.29, 1.82) is 0 Å². The van der Waals surface area contributed by atoms with Crippen molar-refractivity contribution >= 4 is 27.7 Å². The van der Waals surface area contributed by atoms with E-state index in [-0.39, 0.29) is 12.6 Å². The molecule has 0 bridgehead atoms. The minimum absolute atomic E-state index is 0.229. The second-order valence-electron chi connectivity index (χ2n) is 5.65. The van der Waals surface area contributed by atoms with Crippen LogP contribution in [0.5, 0.6) is 5.75 Å². The standard InChI is InChI=1S/C18H17BrN4O2/c1-12-7-13(2)9-15(8-12)25-11-23-6-5-16(22-23)18(24)21-17-4-3-14(19)10-20-17/h3-10H,11H2,1-2H3,(H,20,21,24). The topological polar surface area (TPSA) is 69.0 Å². The Balaban J connectivity index is 1.61. The number of ether oxygens (including phenoxy) is 1. The Labute approximate surface area is 154 Å². The number of hydrogen-bond acceptors (Lipinski definition) is 4. The Morgan fingerprint density at radius 3 is 2.64 bits per heavy atom. The number of hydrogen-bond donors (Lipinski definition) is 1. The molecule has 0 fully saturated rings. The number of benzene rings is 1. The molecule has 0 unspecified atom stereocenters. The minimum Gasteiger partial charge on any atom is -0.471 e. The molecule has 3 aromatic rings. The summed E-state index contributed by atoms with van der Waals surface area (Å²) in [4.78, 5) is 16.3. The van der Waals surface area contributed by atoms with E-state index in [1.54, 1.807) is 35.3 Å². The van der Waals surface area contributed by atoms with Crippen LogP contribution in [0.25, 0.3) is 0 Å². The van der Waals surface area contributed by atoms with Crippen LogP contribution in [0.3, 0.4) is 0 Å². The van der Waals surface area contributed by atoms with Crippen LogP contribution in [-0.4, -0.2) is 20.7 Å². The van der Waals surface area contributed by atoms with Gasteiger partial charge in [-0.2, -0.15) is 5.10 Å². The molecule has 1 N–H and O–H groups in total. The first kappa shape index (κ1) is 17.2. The van der Waals surface area contributed by atoms with Gasteiger partial charge >= 0.3 is 0 Å². The molecule has 0 atom stereocenters. The number of nitrogens with zero attached hydrogens (tertiary/aromatic N) is 3. The number of carbonyl (C=O) groups is 1. The third kappa shape index (κ3) is 4.67. The lowest BCUT2D eigenvalue weighted by molar-refractivity contribution is 0.102. The number of pyridine rings is 1. The van der Waals surface area contributed by atoms with Crippen LogP contribution in [0.1, 0.15) is 21.6 Å². The predicted octanol–water partition coefficient (Wildman–Crippen LogP) is 3.95. The second kappa shape index (κ2) is 7.48. The number of halogens is 1. The van der Waals surface area contributed by atoms with Gasteiger partial charge in [0.2, 0.25) is 0 Å². The van der Waals surface area contributed by atoms with E-state index in [1.165, 1.54) is 0 Å². The lowest BCUT2D eigenvalue weighted by atomic mass is 10.1. The number of carbonyl (C=O) groups excluding carboxylic acids is 1. The third-order valence-corrected chi connectivity index (χ3v) is 3.87. The highest BCUT2D eigenvalue weighted by atomic mass is 79.9. The quantitative estimate of drug-likeness (QED) is 0.703. The monoisotopic (exact) mass is 400 g/mol. The van der Waals surface area contributed by atoms with Gasteiger partial charge in [0.05, 0.1) is 0 Å². The molecule has 2 heterocycles. The summed E-state index contributed by atoms with van der Waals surface area (Å²) in [7, 11) is 0. The molecule has 1 aromatic carbocycles.